The average Bonchev–Trinajstić information content (AvgIpc) is 2.99. The molecule has 2 aromatic rings. The van der Waals surface area contributed by atoms with Gasteiger partial charge in [0.25, 0.3) is 0 Å². The number of halogens is 1. The van der Waals surface area contributed by atoms with Crippen molar-refractivity contribution in [3.63, 3.8) is 0 Å². The fraction of sp³-hybridized carbons (Fsp3) is 0.375. The molecule has 0 bridgehead atoms. The second-order valence-electron chi connectivity index (χ2n) is 4.70. The summed E-state index contributed by atoms with van der Waals surface area (Å²) in [6.07, 6.45) is 3.78. The van der Waals surface area contributed by atoms with Crippen molar-refractivity contribution < 1.29 is 0 Å². The summed E-state index contributed by atoms with van der Waals surface area (Å²) >= 11 is 0. The first kappa shape index (κ1) is 18.5. The molecule has 0 saturated heterocycles. The standard InChI is InChI=1S/C16H23N5.HI/c1-3-17-16(18-4-2)19-12-14-8-5-6-9-15(14)13-21-11-7-10-20-21;/h5-11H,3-4,12-13H2,1-2H3,(H2,17,18,19);1H. The topological polar surface area (TPSA) is 54.2 Å². The molecular formula is C16H24IN5. The monoisotopic (exact) mass is 413 g/mol. The highest BCUT2D eigenvalue weighted by molar-refractivity contribution is 14.0. The van der Waals surface area contributed by atoms with Crippen LogP contribution in [0.3, 0.4) is 0 Å². The van der Waals surface area contributed by atoms with Crippen molar-refractivity contribution in [3.05, 3.63) is 53.9 Å². The normalized spacial score (nSPS) is 9.73. The van der Waals surface area contributed by atoms with Gasteiger partial charge < -0.3 is 10.6 Å². The number of hydrogen-bond donors (Lipinski definition) is 2. The molecule has 1 aromatic carbocycles. The SMILES string of the molecule is CCNC(=NCc1ccccc1Cn1cccn1)NCC.I. The van der Waals surface area contributed by atoms with Gasteiger partial charge in [0.1, 0.15) is 0 Å². The molecule has 0 fully saturated rings. The van der Waals surface area contributed by atoms with Gasteiger partial charge in [0.15, 0.2) is 5.96 Å². The fourth-order valence-electron chi connectivity index (χ4n) is 2.11. The summed E-state index contributed by atoms with van der Waals surface area (Å²) in [7, 11) is 0. The van der Waals surface area contributed by atoms with Gasteiger partial charge >= 0.3 is 0 Å². The minimum atomic E-state index is 0. The van der Waals surface area contributed by atoms with Crippen LogP contribution in [0.4, 0.5) is 0 Å². The van der Waals surface area contributed by atoms with Gasteiger partial charge in [-0.3, -0.25) is 4.68 Å². The maximum absolute atomic E-state index is 4.63. The van der Waals surface area contributed by atoms with Crippen LogP contribution in [0.15, 0.2) is 47.7 Å². The highest BCUT2D eigenvalue weighted by Gasteiger charge is 2.03. The van der Waals surface area contributed by atoms with Gasteiger partial charge in [-0.15, -0.1) is 24.0 Å². The number of aliphatic imine (C=N–C) groups is 1. The summed E-state index contributed by atoms with van der Waals surface area (Å²) in [5.74, 6) is 0.855. The molecule has 0 aliphatic rings. The third kappa shape index (κ3) is 5.67. The zero-order chi connectivity index (χ0) is 14.9. The highest BCUT2D eigenvalue weighted by atomic mass is 127. The number of aromatic nitrogens is 2. The van der Waals surface area contributed by atoms with Crippen LogP contribution in [0.5, 0.6) is 0 Å². The smallest absolute Gasteiger partial charge is 0.191 e. The quantitative estimate of drug-likeness (QED) is 0.435. The third-order valence-corrected chi connectivity index (χ3v) is 3.11. The minimum Gasteiger partial charge on any atom is -0.357 e. The van der Waals surface area contributed by atoms with Crippen molar-refractivity contribution in [2.24, 2.45) is 4.99 Å². The van der Waals surface area contributed by atoms with E-state index in [9.17, 15) is 0 Å². The lowest BCUT2D eigenvalue weighted by Crippen LogP contribution is -2.37. The number of hydrogen-bond acceptors (Lipinski definition) is 2. The Hall–Kier alpha value is -1.57. The van der Waals surface area contributed by atoms with Crippen LogP contribution in [0, 0.1) is 0 Å². The van der Waals surface area contributed by atoms with E-state index < -0.39 is 0 Å². The molecule has 5 nitrogen and oxygen atoms in total. The van der Waals surface area contributed by atoms with Crippen LogP contribution < -0.4 is 10.6 Å². The van der Waals surface area contributed by atoms with Crippen molar-refractivity contribution in [1.29, 1.82) is 0 Å². The van der Waals surface area contributed by atoms with Crippen molar-refractivity contribution in [2.75, 3.05) is 13.1 Å². The Labute approximate surface area is 149 Å². The number of benzene rings is 1. The molecule has 0 radical (unpaired) electrons. The van der Waals surface area contributed by atoms with Gasteiger partial charge in [-0.2, -0.15) is 5.10 Å². The van der Waals surface area contributed by atoms with Crippen molar-refractivity contribution in [3.8, 4) is 0 Å². The van der Waals surface area contributed by atoms with Crippen LogP contribution in [-0.4, -0.2) is 28.8 Å². The molecule has 120 valence electrons. The van der Waals surface area contributed by atoms with Crippen LogP contribution in [-0.2, 0) is 13.1 Å². The highest BCUT2D eigenvalue weighted by Crippen LogP contribution is 2.11. The molecule has 1 aromatic heterocycles. The van der Waals surface area contributed by atoms with E-state index in [-0.39, 0.29) is 24.0 Å². The molecule has 2 rings (SSSR count). The largest absolute Gasteiger partial charge is 0.357 e. The Kier molecular flexibility index (Phi) is 8.57. The van der Waals surface area contributed by atoms with Gasteiger partial charge in [0.2, 0.25) is 0 Å². The maximum Gasteiger partial charge on any atom is 0.191 e. The predicted molar refractivity (Wildman–Crippen MR) is 102 cm³/mol. The molecule has 0 amide bonds. The van der Waals surface area contributed by atoms with E-state index >= 15 is 0 Å². The second-order valence-corrected chi connectivity index (χ2v) is 4.70. The zero-order valence-electron chi connectivity index (χ0n) is 13.1. The number of rotatable bonds is 6. The molecule has 0 saturated carbocycles. The number of nitrogens with one attached hydrogen (secondary N) is 2. The Morgan fingerprint density at radius 1 is 1.09 bits per heavy atom. The maximum atomic E-state index is 4.63. The van der Waals surface area contributed by atoms with E-state index in [4.69, 9.17) is 0 Å². The van der Waals surface area contributed by atoms with Gasteiger partial charge in [0, 0.05) is 25.5 Å². The Morgan fingerprint density at radius 3 is 2.36 bits per heavy atom. The second kappa shape index (κ2) is 10.2. The fourth-order valence-corrected chi connectivity index (χ4v) is 2.11. The van der Waals surface area contributed by atoms with Crippen LogP contribution in [0.1, 0.15) is 25.0 Å². The summed E-state index contributed by atoms with van der Waals surface area (Å²) in [6, 6.07) is 10.3. The zero-order valence-corrected chi connectivity index (χ0v) is 15.5. The molecule has 2 N–H and O–H groups in total. The molecular weight excluding hydrogens is 389 g/mol. The molecule has 22 heavy (non-hydrogen) atoms. The van der Waals surface area contributed by atoms with E-state index in [0.717, 1.165) is 25.6 Å². The number of nitrogens with zero attached hydrogens (tertiary/aromatic N) is 3. The van der Waals surface area contributed by atoms with E-state index in [2.05, 4.69) is 58.8 Å². The van der Waals surface area contributed by atoms with E-state index in [1.807, 2.05) is 16.9 Å². The lowest BCUT2D eigenvalue weighted by atomic mass is 10.1. The van der Waals surface area contributed by atoms with Crippen LogP contribution >= 0.6 is 24.0 Å². The van der Waals surface area contributed by atoms with Crippen molar-refractivity contribution in [1.82, 2.24) is 20.4 Å². The molecule has 0 aliphatic carbocycles. The predicted octanol–water partition coefficient (Wildman–Crippen LogP) is 2.62. The van der Waals surface area contributed by atoms with Crippen LogP contribution in [0.25, 0.3) is 0 Å². The van der Waals surface area contributed by atoms with Gasteiger partial charge in [-0.05, 0) is 31.0 Å². The first-order chi connectivity index (χ1) is 10.3. The molecule has 0 unspecified atom stereocenters. The molecule has 0 spiro atoms. The van der Waals surface area contributed by atoms with E-state index in [0.29, 0.717) is 6.54 Å². The van der Waals surface area contributed by atoms with Crippen molar-refractivity contribution in [2.45, 2.75) is 26.9 Å². The van der Waals surface area contributed by atoms with Crippen LogP contribution in [0.2, 0.25) is 0 Å². The van der Waals surface area contributed by atoms with Gasteiger partial charge in [-0.25, -0.2) is 4.99 Å². The Morgan fingerprint density at radius 2 is 1.77 bits per heavy atom. The lowest BCUT2D eigenvalue weighted by Gasteiger charge is -2.11. The Balaban J connectivity index is 0.00000242. The lowest BCUT2D eigenvalue weighted by molar-refractivity contribution is 0.681. The molecule has 0 atom stereocenters. The Bertz CT molecular complexity index is 558. The average molecular weight is 413 g/mol. The molecule has 0 aliphatic heterocycles. The van der Waals surface area contributed by atoms with Crippen molar-refractivity contribution >= 4 is 29.9 Å². The summed E-state index contributed by atoms with van der Waals surface area (Å²) in [6.45, 7) is 7.29. The van der Waals surface area contributed by atoms with Gasteiger partial charge in [0.05, 0.1) is 13.1 Å². The van der Waals surface area contributed by atoms with E-state index in [1.54, 1.807) is 6.20 Å². The van der Waals surface area contributed by atoms with E-state index in [1.165, 1.54) is 11.1 Å². The summed E-state index contributed by atoms with van der Waals surface area (Å²) in [4.78, 5) is 4.63. The first-order valence-corrected chi connectivity index (χ1v) is 7.39. The summed E-state index contributed by atoms with van der Waals surface area (Å²) < 4.78 is 1.93. The third-order valence-electron chi connectivity index (χ3n) is 3.11. The minimum absolute atomic E-state index is 0. The molecule has 6 heteroatoms. The molecule has 1 heterocycles. The summed E-state index contributed by atoms with van der Waals surface area (Å²) in [5, 5.41) is 10.7. The van der Waals surface area contributed by atoms with Gasteiger partial charge in [-0.1, -0.05) is 24.3 Å². The first-order valence-electron chi connectivity index (χ1n) is 7.39. The summed E-state index contributed by atoms with van der Waals surface area (Å²) in [5.41, 5.74) is 2.47. The number of guanidine groups is 1.